The van der Waals surface area contributed by atoms with Crippen LogP contribution >= 0.6 is 23.1 Å². The zero-order chi connectivity index (χ0) is 20.4. The second-order valence-electron chi connectivity index (χ2n) is 6.81. The van der Waals surface area contributed by atoms with Crippen LogP contribution in [0.25, 0.3) is 10.2 Å². The number of anilines is 1. The molecule has 9 heteroatoms. The van der Waals surface area contributed by atoms with Gasteiger partial charge >= 0.3 is 0 Å². The molecule has 0 spiro atoms. The molecule has 29 heavy (non-hydrogen) atoms. The Bertz CT molecular complexity index is 1150. The summed E-state index contributed by atoms with van der Waals surface area (Å²) in [5.41, 5.74) is 1.87. The smallest absolute Gasteiger partial charge is 0.255 e. The summed E-state index contributed by atoms with van der Waals surface area (Å²) >= 11 is 3.16. The maximum absolute atomic E-state index is 12.9. The highest BCUT2D eigenvalue weighted by molar-refractivity contribution is 8.00. The van der Waals surface area contributed by atoms with Crippen molar-refractivity contribution in [2.75, 3.05) is 24.7 Å². The summed E-state index contributed by atoms with van der Waals surface area (Å²) in [6.07, 6.45) is 4.78. The molecule has 0 aliphatic carbocycles. The fourth-order valence-corrected chi connectivity index (χ4v) is 6.42. The number of thiazole rings is 1. The Kier molecular flexibility index (Phi) is 5.91. The van der Waals surface area contributed by atoms with Crippen LogP contribution in [0.5, 0.6) is 0 Å². The number of nitrogens with zero attached hydrogens (tertiary/aromatic N) is 2. The summed E-state index contributed by atoms with van der Waals surface area (Å²) in [7, 11) is -3.58. The van der Waals surface area contributed by atoms with E-state index in [1.54, 1.807) is 47.4 Å². The molecule has 1 fully saturated rings. The lowest BCUT2D eigenvalue weighted by Crippen LogP contribution is -2.35. The van der Waals surface area contributed by atoms with Gasteiger partial charge in [-0.1, -0.05) is 24.2 Å². The molecular weight excluding hydrogens is 426 g/mol. The standard InChI is InChI=1S/C20H21N3O3S3/c1-27-20-22-17-9-8-15(13-18(17)28-20)21-19(24)14-6-5-7-16(12-14)29(25,26)23-10-3-2-4-11-23/h5-9,12-13H,2-4,10-11H2,1H3,(H,21,24). The van der Waals surface area contributed by atoms with E-state index in [-0.39, 0.29) is 10.8 Å². The number of benzene rings is 2. The summed E-state index contributed by atoms with van der Waals surface area (Å²) < 4.78 is 29.2. The monoisotopic (exact) mass is 447 g/mol. The Balaban J connectivity index is 1.55. The van der Waals surface area contributed by atoms with Crippen LogP contribution in [0.3, 0.4) is 0 Å². The van der Waals surface area contributed by atoms with E-state index in [9.17, 15) is 13.2 Å². The Hall–Kier alpha value is -1.94. The minimum absolute atomic E-state index is 0.162. The Morgan fingerprint density at radius 3 is 2.69 bits per heavy atom. The number of rotatable bonds is 5. The predicted molar refractivity (Wildman–Crippen MR) is 118 cm³/mol. The van der Waals surface area contributed by atoms with Gasteiger partial charge in [-0.15, -0.1) is 11.3 Å². The molecule has 4 rings (SSSR count). The van der Waals surface area contributed by atoms with Crippen LogP contribution < -0.4 is 5.32 Å². The SMILES string of the molecule is CSc1nc2ccc(NC(=O)c3cccc(S(=O)(=O)N4CCCCC4)c3)cc2s1. The first-order valence-corrected chi connectivity index (χ1v) is 12.8. The normalized spacial score (nSPS) is 15.5. The van der Waals surface area contributed by atoms with Crippen LogP contribution in [0, 0.1) is 0 Å². The largest absolute Gasteiger partial charge is 0.322 e. The Morgan fingerprint density at radius 1 is 1.14 bits per heavy atom. The van der Waals surface area contributed by atoms with Gasteiger partial charge in [-0.3, -0.25) is 4.79 Å². The van der Waals surface area contributed by atoms with Gasteiger partial charge in [0, 0.05) is 24.3 Å². The quantitative estimate of drug-likeness (QED) is 0.585. The zero-order valence-corrected chi connectivity index (χ0v) is 18.4. The van der Waals surface area contributed by atoms with E-state index in [1.807, 2.05) is 18.4 Å². The van der Waals surface area contributed by atoms with Gasteiger partial charge in [0.05, 0.1) is 15.1 Å². The summed E-state index contributed by atoms with van der Waals surface area (Å²) in [4.78, 5) is 17.4. The summed E-state index contributed by atoms with van der Waals surface area (Å²) in [5.74, 6) is -0.338. The number of nitrogens with one attached hydrogen (secondary N) is 1. The zero-order valence-electron chi connectivity index (χ0n) is 15.9. The topological polar surface area (TPSA) is 79.4 Å². The molecule has 3 aromatic rings. The average molecular weight is 448 g/mol. The number of sulfonamides is 1. The third-order valence-corrected chi connectivity index (χ3v) is 8.75. The summed E-state index contributed by atoms with van der Waals surface area (Å²) in [6, 6.07) is 11.8. The maximum Gasteiger partial charge on any atom is 0.255 e. The van der Waals surface area contributed by atoms with Gasteiger partial charge in [-0.2, -0.15) is 4.31 Å². The number of carbonyl (C=O) groups excluding carboxylic acids is 1. The molecule has 2 heterocycles. The van der Waals surface area contributed by atoms with Gasteiger partial charge in [0.2, 0.25) is 10.0 Å². The van der Waals surface area contributed by atoms with Crippen LogP contribution in [-0.4, -0.2) is 43.0 Å². The van der Waals surface area contributed by atoms with Gasteiger partial charge in [-0.25, -0.2) is 13.4 Å². The molecule has 6 nitrogen and oxygen atoms in total. The third kappa shape index (κ3) is 4.32. The molecule has 1 amide bonds. The molecule has 0 atom stereocenters. The minimum atomic E-state index is -3.58. The molecule has 1 aromatic heterocycles. The molecule has 0 unspecified atom stereocenters. The fraction of sp³-hybridized carbons (Fsp3) is 0.300. The number of thioether (sulfide) groups is 1. The molecule has 152 valence electrons. The van der Waals surface area contributed by atoms with Crippen molar-refractivity contribution >= 4 is 54.9 Å². The van der Waals surface area contributed by atoms with E-state index in [4.69, 9.17) is 0 Å². The Morgan fingerprint density at radius 2 is 1.93 bits per heavy atom. The molecular formula is C20H21N3O3S3. The second-order valence-corrected chi connectivity index (χ2v) is 10.8. The highest BCUT2D eigenvalue weighted by Crippen LogP contribution is 2.30. The minimum Gasteiger partial charge on any atom is -0.322 e. The second kappa shape index (κ2) is 8.43. The van der Waals surface area contributed by atoms with Crippen molar-refractivity contribution in [2.45, 2.75) is 28.5 Å². The number of amides is 1. The van der Waals surface area contributed by atoms with E-state index in [0.29, 0.717) is 24.3 Å². The van der Waals surface area contributed by atoms with Crippen molar-refractivity contribution in [3.8, 4) is 0 Å². The first kappa shape index (κ1) is 20.3. The molecule has 1 N–H and O–H groups in total. The summed E-state index contributed by atoms with van der Waals surface area (Å²) in [5, 5.41) is 2.86. The van der Waals surface area contributed by atoms with Gasteiger partial charge in [0.15, 0.2) is 4.34 Å². The highest BCUT2D eigenvalue weighted by atomic mass is 32.2. The number of piperidine rings is 1. The predicted octanol–water partition coefficient (Wildman–Crippen LogP) is 4.45. The maximum atomic E-state index is 12.9. The van der Waals surface area contributed by atoms with Crippen LogP contribution in [0.2, 0.25) is 0 Å². The highest BCUT2D eigenvalue weighted by Gasteiger charge is 2.26. The average Bonchev–Trinajstić information content (AvgIpc) is 3.17. The van der Waals surface area contributed by atoms with Crippen molar-refractivity contribution < 1.29 is 13.2 Å². The van der Waals surface area contributed by atoms with E-state index < -0.39 is 10.0 Å². The molecule has 1 saturated heterocycles. The fourth-order valence-electron chi connectivity index (χ4n) is 3.32. The van der Waals surface area contributed by atoms with Gasteiger partial charge in [-0.05, 0) is 55.5 Å². The molecule has 0 radical (unpaired) electrons. The molecule has 2 aromatic carbocycles. The van der Waals surface area contributed by atoms with Crippen LogP contribution in [0.4, 0.5) is 5.69 Å². The van der Waals surface area contributed by atoms with Gasteiger partial charge in [0.1, 0.15) is 0 Å². The first-order chi connectivity index (χ1) is 14.0. The molecule has 1 aliphatic heterocycles. The lowest BCUT2D eigenvalue weighted by atomic mass is 10.2. The van der Waals surface area contributed by atoms with Gasteiger partial charge < -0.3 is 5.32 Å². The number of fused-ring (bicyclic) bond motifs is 1. The lowest BCUT2D eigenvalue weighted by Gasteiger charge is -2.26. The van der Waals surface area contributed by atoms with Gasteiger partial charge in [0.25, 0.3) is 5.91 Å². The summed E-state index contributed by atoms with van der Waals surface area (Å²) in [6.45, 7) is 1.07. The van der Waals surface area contributed by atoms with E-state index in [2.05, 4.69) is 10.3 Å². The van der Waals surface area contributed by atoms with Crippen molar-refractivity contribution in [2.24, 2.45) is 0 Å². The van der Waals surface area contributed by atoms with Crippen molar-refractivity contribution in [3.05, 3.63) is 48.0 Å². The van der Waals surface area contributed by atoms with Crippen molar-refractivity contribution in [3.63, 3.8) is 0 Å². The van der Waals surface area contributed by atoms with E-state index in [0.717, 1.165) is 33.8 Å². The number of aromatic nitrogens is 1. The van der Waals surface area contributed by atoms with Crippen LogP contribution in [0.1, 0.15) is 29.6 Å². The number of hydrogen-bond donors (Lipinski definition) is 1. The first-order valence-electron chi connectivity index (χ1n) is 9.33. The van der Waals surface area contributed by atoms with Crippen LogP contribution in [-0.2, 0) is 10.0 Å². The molecule has 1 aliphatic rings. The third-order valence-electron chi connectivity index (χ3n) is 4.85. The van der Waals surface area contributed by atoms with E-state index in [1.165, 1.54) is 10.4 Å². The Labute approximate surface area is 178 Å². The van der Waals surface area contributed by atoms with Crippen molar-refractivity contribution in [1.29, 1.82) is 0 Å². The number of hydrogen-bond acceptors (Lipinski definition) is 6. The van der Waals surface area contributed by atoms with E-state index >= 15 is 0 Å². The lowest BCUT2D eigenvalue weighted by molar-refractivity contribution is 0.102. The molecule has 0 saturated carbocycles. The molecule has 0 bridgehead atoms. The van der Waals surface area contributed by atoms with Crippen molar-refractivity contribution in [1.82, 2.24) is 9.29 Å². The number of carbonyl (C=O) groups is 1. The van der Waals surface area contributed by atoms with Crippen LogP contribution in [0.15, 0.2) is 51.7 Å².